The number of hydrogen-bond donors (Lipinski definition) is 0. The van der Waals surface area contributed by atoms with E-state index in [-0.39, 0.29) is 0 Å². The molecule has 0 saturated carbocycles. The van der Waals surface area contributed by atoms with Crippen molar-refractivity contribution < 1.29 is 0 Å². The van der Waals surface area contributed by atoms with E-state index in [4.69, 9.17) is 0 Å². The van der Waals surface area contributed by atoms with Gasteiger partial charge in [-0.05, 0) is 25.5 Å². The highest BCUT2D eigenvalue weighted by atomic mass is 14.8. The van der Waals surface area contributed by atoms with Gasteiger partial charge in [0.05, 0.1) is 10.7 Å². The van der Waals surface area contributed by atoms with E-state index >= 15 is 0 Å². The summed E-state index contributed by atoms with van der Waals surface area (Å²) in [5.41, 5.74) is 1.16. The fourth-order valence-corrected chi connectivity index (χ4v) is 0.968. The molecule has 0 amide bonds. The van der Waals surface area contributed by atoms with Crippen LogP contribution < -0.4 is 10.7 Å². The van der Waals surface area contributed by atoms with Gasteiger partial charge in [-0.25, -0.2) is 0 Å². The monoisotopic (exact) mass is 160 g/mol. The minimum atomic E-state index is 0.882. The lowest BCUT2D eigenvalue weighted by atomic mass is 10.3. The van der Waals surface area contributed by atoms with Gasteiger partial charge in [0, 0.05) is 12.4 Å². The van der Waals surface area contributed by atoms with Crippen molar-refractivity contribution in [3.05, 3.63) is 35.7 Å². The predicted molar refractivity (Wildman–Crippen MR) is 50.7 cm³/mol. The maximum atomic E-state index is 4.22. The Labute approximate surface area is 72.0 Å². The molecule has 12 heavy (non-hydrogen) atoms. The quantitative estimate of drug-likeness (QED) is 0.602. The van der Waals surface area contributed by atoms with Crippen molar-refractivity contribution >= 4 is 11.6 Å². The average molecular weight is 160 g/mol. The maximum absolute atomic E-state index is 4.22. The molecule has 0 atom stereocenters. The first-order chi connectivity index (χ1) is 5.75. The van der Waals surface area contributed by atoms with E-state index in [2.05, 4.69) is 16.5 Å². The molecule has 0 aromatic carbocycles. The molecule has 0 unspecified atom stereocenters. The summed E-state index contributed by atoms with van der Waals surface area (Å²) < 4.78 is 0. The maximum Gasteiger partial charge on any atom is 0.0885 e. The molecule has 2 nitrogen and oxygen atoms in total. The fraction of sp³-hybridized carbons (Fsp3) is 0.200. The molecule has 0 radical (unpaired) electrons. The summed E-state index contributed by atoms with van der Waals surface area (Å²) in [6.45, 7) is 7.66. The van der Waals surface area contributed by atoms with Gasteiger partial charge in [0.25, 0.3) is 0 Å². The topological polar surface area (TPSA) is 25.8 Å². The standard InChI is InChI=1S/C10H12N2/c1-4-5-9-10(8(2)3)12-7-6-11-9/h4-7H,1H2,2-3H3/b9-5+. The van der Waals surface area contributed by atoms with Crippen LogP contribution >= 0.6 is 0 Å². The summed E-state index contributed by atoms with van der Waals surface area (Å²) in [6, 6.07) is 0. The third kappa shape index (κ3) is 1.78. The first-order valence-corrected chi connectivity index (χ1v) is 3.83. The molecular formula is C10H12N2. The summed E-state index contributed by atoms with van der Waals surface area (Å²) >= 11 is 0. The first-order valence-electron chi connectivity index (χ1n) is 3.83. The number of nitrogens with zero attached hydrogens (tertiary/aromatic N) is 2. The summed E-state index contributed by atoms with van der Waals surface area (Å²) in [4.78, 5) is 8.40. The molecule has 1 rings (SSSR count). The molecule has 1 aromatic heterocycles. The van der Waals surface area contributed by atoms with E-state index in [0.29, 0.717) is 0 Å². The van der Waals surface area contributed by atoms with Crippen molar-refractivity contribution in [1.29, 1.82) is 0 Å². The molecule has 0 fully saturated rings. The third-order valence-corrected chi connectivity index (χ3v) is 1.48. The Morgan fingerprint density at radius 1 is 1.33 bits per heavy atom. The Hall–Kier alpha value is -1.44. The second kappa shape index (κ2) is 3.81. The number of aromatic nitrogens is 2. The van der Waals surface area contributed by atoms with Crippen molar-refractivity contribution in [1.82, 2.24) is 9.97 Å². The first kappa shape index (κ1) is 8.65. The van der Waals surface area contributed by atoms with Gasteiger partial charge in [-0.1, -0.05) is 12.7 Å². The van der Waals surface area contributed by atoms with Crippen LogP contribution in [0.25, 0.3) is 11.6 Å². The zero-order valence-corrected chi connectivity index (χ0v) is 7.41. The molecule has 1 heterocycles. The molecule has 0 N–H and O–H groups in total. The van der Waals surface area contributed by atoms with Crippen molar-refractivity contribution in [2.75, 3.05) is 0 Å². The highest BCUT2D eigenvalue weighted by Crippen LogP contribution is 1.79. The van der Waals surface area contributed by atoms with Gasteiger partial charge in [0.2, 0.25) is 0 Å². The minimum absolute atomic E-state index is 0.882. The van der Waals surface area contributed by atoms with Gasteiger partial charge in [0.1, 0.15) is 0 Å². The molecular weight excluding hydrogens is 148 g/mol. The summed E-state index contributed by atoms with van der Waals surface area (Å²) in [6.07, 6.45) is 6.95. The number of allylic oxidation sites excluding steroid dienone is 1. The molecule has 62 valence electrons. The summed E-state index contributed by atoms with van der Waals surface area (Å²) in [7, 11) is 0. The van der Waals surface area contributed by atoms with E-state index in [1.807, 2.05) is 19.9 Å². The third-order valence-electron chi connectivity index (χ3n) is 1.48. The van der Waals surface area contributed by atoms with Crippen molar-refractivity contribution in [2.45, 2.75) is 13.8 Å². The van der Waals surface area contributed by atoms with Gasteiger partial charge >= 0.3 is 0 Å². The zero-order valence-electron chi connectivity index (χ0n) is 7.41. The lowest BCUT2D eigenvalue weighted by molar-refractivity contribution is 1.08. The zero-order chi connectivity index (χ0) is 8.97. The molecule has 2 heteroatoms. The SMILES string of the molecule is C=C/C=c1/nccnc1=C(C)C. The van der Waals surface area contributed by atoms with E-state index in [1.54, 1.807) is 18.5 Å². The highest BCUT2D eigenvalue weighted by molar-refractivity contribution is 5.39. The van der Waals surface area contributed by atoms with E-state index in [9.17, 15) is 0 Å². The highest BCUT2D eigenvalue weighted by Gasteiger charge is 1.86. The fourth-order valence-electron chi connectivity index (χ4n) is 0.968. The van der Waals surface area contributed by atoms with Crippen LogP contribution in [0.2, 0.25) is 0 Å². The Kier molecular flexibility index (Phi) is 2.75. The Morgan fingerprint density at radius 2 is 2.00 bits per heavy atom. The molecule has 0 aliphatic heterocycles. The van der Waals surface area contributed by atoms with Crippen LogP contribution in [-0.4, -0.2) is 9.97 Å². The normalized spacial score (nSPS) is 11.3. The van der Waals surface area contributed by atoms with Gasteiger partial charge < -0.3 is 0 Å². The Balaban J connectivity index is 3.60. The smallest absolute Gasteiger partial charge is 0.0885 e. The minimum Gasteiger partial charge on any atom is -0.253 e. The van der Waals surface area contributed by atoms with Crippen molar-refractivity contribution in [3.8, 4) is 0 Å². The van der Waals surface area contributed by atoms with Gasteiger partial charge in [-0.3, -0.25) is 9.97 Å². The van der Waals surface area contributed by atoms with E-state index in [1.165, 1.54) is 0 Å². The predicted octanol–water partition coefficient (Wildman–Crippen LogP) is 0.634. The van der Waals surface area contributed by atoms with Gasteiger partial charge in [-0.2, -0.15) is 0 Å². The molecule has 0 bridgehead atoms. The Bertz CT molecular complexity index is 387. The summed E-state index contributed by atoms with van der Waals surface area (Å²) in [5, 5.41) is 1.82. The van der Waals surface area contributed by atoms with Gasteiger partial charge in [0.15, 0.2) is 0 Å². The second-order valence-corrected chi connectivity index (χ2v) is 2.69. The van der Waals surface area contributed by atoms with Crippen LogP contribution in [0.5, 0.6) is 0 Å². The number of hydrogen-bond acceptors (Lipinski definition) is 2. The van der Waals surface area contributed by atoms with Crippen molar-refractivity contribution in [3.63, 3.8) is 0 Å². The largest absolute Gasteiger partial charge is 0.253 e. The number of rotatable bonds is 1. The molecule has 0 saturated heterocycles. The van der Waals surface area contributed by atoms with Gasteiger partial charge in [-0.15, -0.1) is 0 Å². The Morgan fingerprint density at radius 3 is 2.58 bits per heavy atom. The van der Waals surface area contributed by atoms with Crippen LogP contribution in [0.4, 0.5) is 0 Å². The lowest BCUT2D eigenvalue weighted by Crippen LogP contribution is -2.31. The second-order valence-electron chi connectivity index (χ2n) is 2.69. The average Bonchev–Trinajstić information content (AvgIpc) is 2.05. The van der Waals surface area contributed by atoms with Crippen LogP contribution in [0, 0.1) is 0 Å². The molecule has 1 aromatic rings. The molecule has 0 aliphatic carbocycles. The van der Waals surface area contributed by atoms with Crippen LogP contribution in [-0.2, 0) is 0 Å². The lowest BCUT2D eigenvalue weighted by Gasteiger charge is -1.90. The van der Waals surface area contributed by atoms with E-state index < -0.39 is 0 Å². The molecule has 0 aliphatic rings. The van der Waals surface area contributed by atoms with Crippen LogP contribution in [0.3, 0.4) is 0 Å². The van der Waals surface area contributed by atoms with Crippen LogP contribution in [0.1, 0.15) is 13.8 Å². The molecule has 0 spiro atoms. The summed E-state index contributed by atoms with van der Waals surface area (Å²) in [5.74, 6) is 0. The van der Waals surface area contributed by atoms with Crippen molar-refractivity contribution in [2.24, 2.45) is 0 Å². The van der Waals surface area contributed by atoms with Crippen LogP contribution in [0.15, 0.2) is 25.0 Å². The van der Waals surface area contributed by atoms with E-state index in [0.717, 1.165) is 16.3 Å².